The number of anilines is 1. The van der Waals surface area contributed by atoms with Gasteiger partial charge in [-0.25, -0.2) is 0 Å². The number of hydrogen-bond donors (Lipinski definition) is 0. The molecule has 0 amide bonds. The normalized spacial score (nSPS) is 23.0. The van der Waals surface area contributed by atoms with Crippen molar-refractivity contribution in [2.45, 2.75) is 32.2 Å². The van der Waals surface area contributed by atoms with Gasteiger partial charge in [0.1, 0.15) is 5.75 Å². The van der Waals surface area contributed by atoms with Crippen molar-refractivity contribution in [1.82, 2.24) is 0 Å². The van der Waals surface area contributed by atoms with Gasteiger partial charge in [-0.1, -0.05) is 18.2 Å². The van der Waals surface area contributed by atoms with E-state index < -0.39 is 0 Å². The molecule has 2 aromatic rings. The predicted octanol–water partition coefficient (Wildman–Crippen LogP) is 4.58. The van der Waals surface area contributed by atoms with Crippen LogP contribution < -0.4 is 9.75 Å². The van der Waals surface area contributed by atoms with Crippen molar-refractivity contribution < 1.29 is 4.74 Å². The first-order valence-electron chi connectivity index (χ1n) is 9.56. The van der Waals surface area contributed by atoms with Gasteiger partial charge in [-0.3, -0.25) is 5.01 Å². The first kappa shape index (κ1) is 16.1. The molecule has 0 bridgehead atoms. The van der Waals surface area contributed by atoms with Crippen LogP contribution in [-0.4, -0.2) is 18.4 Å². The van der Waals surface area contributed by atoms with Gasteiger partial charge >= 0.3 is 0 Å². The molecule has 0 saturated heterocycles. The molecule has 5 rings (SSSR count). The van der Waals surface area contributed by atoms with Crippen LogP contribution in [0.3, 0.4) is 0 Å². The molecule has 1 aliphatic carbocycles. The van der Waals surface area contributed by atoms with Gasteiger partial charge in [0, 0.05) is 5.56 Å². The third-order valence-corrected chi connectivity index (χ3v) is 5.84. The number of nitrogens with zero attached hydrogens (tertiary/aromatic N) is 3. The molecule has 4 nitrogen and oxygen atoms in total. The summed E-state index contributed by atoms with van der Waals surface area (Å²) in [5.74, 6) is 1.16. The Morgan fingerprint density at radius 1 is 1.22 bits per heavy atom. The zero-order valence-corrected chi connectivity index (χ0v) is 15.4. The number of para-hydroxylation sites is 1. The van der Waals surface area contributed by atoms with E-state index >= 15 is 0 Å². The molecule has 2 aromatic carbocycles. The minimum atomic E-state index is 0.197. The molecule has 4 heteroatoms. The Bertz CT molecular complexity index is 1010. The number of aryl methyl sites for hydroxylation is 1. The summed E-state index contributed by atoms with van der Waals surface area (Å²) in [5.41, 5.74) is 6.43. The quantitative estimate of drug-likeness (QED) is 0.741. The van der Waals surface area contributed by atoms with Gasteiger partial charge < -0.3 is 4.74 Å². The third kappa shape index (κ3) is 2.54. The predicted molar refractivity (Wildman–Crippen MR) is 106 cm³/mol. The van der Waals surface area contributed by atoms with E-state index in [1.54, 1.807) is 0 Å². The lowest BCUT2D eigenvalue weighted by molar-refractivity contribution is 0.266. The van der Waals surface area contributed by atoms with Crippen LogP contribution in [0.5, 0.6) is 5.75 Å². The molecule has 0 fully saturated rings. The Hall–Kier alpha value is -3.06. The van der Waals surface area contributed by atoms with Crippen LogP contribution in [0.1, 0.15) is 36.0 Å². The minimum Gasteiger partial charge on any atom is -0.492 e. The van der Waals surface area contributed by atoms with Crippen LogP contribution in [0.25, 0.3) is 0 Å². The highest BCUT2D eigenvalue weighted by atomic mass is 16.5. The van der Waals surface area contributed by atoms with Crippen LogP contribution >= 0.6 is 0 Å². The van der Waals surface area contributed by atoms with Crippen molar-refractivity contribution in [1.29, 1.82) is 5.26 Å². The second-order valence-corrected chi connectivity index (χ2v) is 7.47. The summed E-state index contributed by atoms with van der Waals surface area (Å²) >= 11 is 0. The second kappa shape index (κ2) is 6.28. The molecular formula is C23H21N3O. The molecule has 3 aliphatic rings. The first-order valence-corrected chi connectivity index (χ1v) is 9.56. The van der Waals surface area contributed by atoms with Crippen molar-refractivity contribution >= 4 is 11.4 Å². The van der Waals surface area contributed by atoms with Gasteiger partial charge in [-0.15, -0.1) is 0 Å². The maximum absolute atomic E-state index is 9.26. The molecule has 0 spiro atoms. The van der Waals surface area contributed by atoms with Crippen LogP contribution in [0, 0.1) is 24.2 Å². The van der Waals surface area contributed by atoms with E-state index in [4.69, 9.17) is 9.84 Å². The topological polar surface area (TPSA) is 48.6 Å². The monoisotopic (exact) mass is 355 g/mol. The average molecular weight is 355 g/mol. The number of benzene rings is 2. The Kier molecular flexibility index (Phi) is 3.75. The number of fused-ring (bicyclic) bond motifs is 3. The summed E-state index contributed by atoms with van der Waals surface area (Å²) in [5, 5.41) is 16.5. The van der Waals surface area contributed by atoms with Gasteiger partial charge in [0.05, 0.1) is 41.6 Å². The van der Waals surface area contributed by atoms with Gasteiger partial charge in [-0.2, -0.15) is 10.4 Å². The molecule has 2 atom stereocenters. The van der Waals surface area contributed by atoms with E-state index in [9.17, 15) is 5.26 Å². The highest BCUT2D eigenvalue weighted by Gasteiger charge is 2.44. The molecule has 2 heterocycles. The molecule has 0 radical (unpaired) electrons. The van der Waals surface area contributed by atoms with E-state index in [1.165, 1.54) is 12.0 Å². The lowest BCUT2D eigenvalue weighted by Crippen LogP contribution is -2.40. The number of hydrogen-bond acceptors (Lipinski definition) is 4. The zero-order valence-electron chi connectivity index (χ0n) is 15.4. The number of hydrazone groups is 1. The van der Waals surface area contributed by atoms with E-state index in [0.717, 1.165) is 41.1 Å². The standard InChI is InChI=1S/C23H21N3O/c1-15-12-18(11-10-17(15)13-24)26-23(16-6-2-3-7-16)20-14-27-21-9-5-4-8-19(21)22(20)25-26/h4-6,8-12,20,23H,2-3,7,14H2,1H3. The SMILES string of the molecule is Cc1cc(N2N=C3c4ccccc4OCC3C2C2=CCCC2)ccc1C#N. The van der Waals surface area contributed by atoms with Crippen molar-refractivity contribution in [3.05, 3.63) is 70.8 Å². The number of allylic oxidation sites excluding steroid dienone is 1. The first-order chi connectivity index (χ1) is 13.3. The molecule has 134 valence electrons. The third-order valence-electron chi connectivity index (χ3n) is 5.84. The van der Waals surface area contributed by atoms with Crippen LogP contribution in [0.2, 0.25) is 0 Å². The molecule has 0 aromatic heterocycles. The van der Waals surface area contributed by atoms with E-state index in [2.05, 4.69) is 29.3 Å². The fourth-order valence-electron chi connectivity index (χ4n) is 4.49. The molecule has 27 heavy (non-hydrogen) atoms. The lowest BCUT2D eigenvalue weighted by atomic mass is 9.85. The zero-order chi connectivity index (χ0) is 18.4. The molecule has 2 aliphatic heterocycles. The van der Waals surface area contributed by atoms with Crippen LogP contribution in [0.15, 0.2) is 59.2 Å². The summed E-state index contributed by atoms with van der Waals surface area (Å²) in [7, 11) is 0. The van der Waals surface area contributed by atoms with E-state index in [0.29, 0.717) is 12.2 Å². The summed E-state index contributed by atoms with van der Waals surface area (Å²) < 4.78 is 6.09. The summed E-state index contributed by atoms with van der Waals surface area (Å²) in [6.45, 7) is 2.64. The molecule has 0 saturated carbocycles. The largest absolute Gasteiger partial charge is 0.492 e. The van der Waals surface area contributed by atoms with Gasteiger partial charge in [0.25, 0.3) is 0 Å². The van der Waals surface area contributed by atoms with Crippen molar-refractivity contribution in [3.63, 3.8) is 0 Å². The molecular weight excluding hydrogens is 334 g/mol. The Morgan fingerprint density at radius 3 is 2.89 bits per heavy atom. The number of nitriles is 1. The van der Waals surface area contributed by atoms with Crippen LogP contribution in [-0.2, 0) is 0 Å². The Labute approximate surface area is 159 Å². The van der Waals surface area contributed by atoms with Gasteiger partial charge in [-0.05, 0) is 67.7 Å². The van der Waals surface area contributed by atoms with Crippen molar-refractivity contribution in [2.24, 2.45) is 11.0 Å². The number of ether oxygens (including phenoxy) is 1. The van der Waals surface area contributed by atoms with E-state index in [1.807, 2.05) is 37.3 Å². The fraction of sp³-hybridized carbons (Fsp3) is 0.304. The highest BCUT2D eigenvalue weighted by molar-refractivity contribution is 6.08. The van der Waals surface area contributed by atoms with Crippen LogP contribution in [0.4, 0.5) is 5.69 Å². The average Bonchev–Trinajstić information content (AvgIpc) is 3.35. The van der Waals surface area contributed by atoms with Gasteiger partial charge in [0.2, 0.25) is 0 Å². The summed E-state index contributed by atoms with van der Waals surface area (Å²) in [4.78, 5) is 0. The smallest absolute Gasteiger partial charge is 0.128 e. The number of rotatable bonds is 2. The minimum absolute atomic E-state index is 0.197. The lowest BCUT2D eigenvalue weighted by Gasteiger charge is -2.31. The summed E-state index contributed by atoms with van der Waals surface area (Å²) in [6.07, 6.45) is 5.86. The highest BCUT2D eigenvalue weighted by Crippen LogP contribution is 2.42. The van der Waals surface area contributed by atoms with Crippen molar-refractivity contribution in [2.75, 3.05) is 11.6 Å². The molecule has 0 N–H and O–H groups in total. The van der Waals surface area contributed by atoms with Gasteiger partial charge in [0.15, 0.2) is 0 Å². The second-order valence-electron chi connectivity index (χ2n) is 7.47. The van der Waals surface area contributed by atoms with Crippen molar-refractivity contribution in [3.8, 4) is 11.8 Å². The maximum Gasteiger partial charge on any atom is 0.128 e. The summed E-state index contributed by atoms with van der Waals surface area (Å²) in [6, 6.07) is 16.6. The van der Waals surface area contributed by atoms with E-state index in [-0.39, 0.29) is 12.0 Å². The molecule has 2 unspecified atom stereocenters. The maximum atomic E-state index is 9.26. The fourth-order valence-corrected chi connectivity index (χ4v) is 4.49. The Balaban J connectivity index is 1.63. The Morgan fingerprint density at radius 2 is 2.11 bits per heavy atom.